The molecule has 19 heavy (non-hydrogen) atoms. The molecular weight excluding hydrogens is 378 g/mol. The summed E-state index contributed by atoms with van der Waals surface area (Å²) in [7, 11) is 0. The van der Waals surface area contributed by atoms with Gasteiger partial charge in [-0.15, -0.1) is 11.6 Å². The minimum absolute atomic E-state index is 0.200. The molecule has 2 aromatic rings. The first-order valence-electron chi connectivity index (χ1n) is 6.33. The number of nitrogens with zero attached hydrogens (tertiary/aromatic N) is 2. The number of benzene rings is 1. The molecule has 2 nitrogen and oxygen atoms in total. The normalized spacial score (nSPS) is 15.2. The molecule has 0 aliphatic rings. The third-order valence-corrected chi connectivity index (χ3v) is 4.51. The third-order valence-electron chi connectivity index (χ3n) is 3.49. The summed E-state index contributed by atoms with van der Waals surface area (Å²) in [6, 6.07) is 3.56. The zero-order valence-electron chi connectivity index (χ0n) is 11.4. The summed E-state index contributed by atoms with van der Waals surface area (Å²) in [5.41, 5.74) is 1.63. The van der Waals surface area contributed by atoms with E-state index in [1.54, 1.807) is 12.1 Å². The molecule has 0 saturated carbocycles. The Labute approximate surface area is 131 Å². The molecule has 0 fully saturated rings. The van der Waals surface area contributed by atoms with Crippen molar-refractivity contribution in [3.05, 3.63) is 27.3 Å². The van der Waals surface area contributed by atoms with Gasteiger partial charge in [-0.1, -0.05) is 13.8 Å². The van der Waals surface area contributed by atoms with Crippen molar-refractivity contribution in [2.45, 2.75) is 39.1 Å². The van der Waals surface area contributed by atoms with Crippen LogP contribution >= 0.6 is 34.2 Å². The van der Waals surface area contributed by atoms with Gasteiger partial charge >= 0.3 is 0 Å². The third kappa shape index (κ3) is 2.75. The number of halogens is 3. The van der Waals surface area contributed by atoms with Crippen LogP contribution in [0.15, 0.2) is 12.1 Å². The standard InChI is InChI=1S/C14H17ClFIN2/c1-7(2)9(4)19-13-5-10(16)11(17)6-12(13)18-14(19)8(3)15/h5-9H,1-4H3. The summed E-state index contributed by atoms with van der Waals surface area (Å²) in [5, 5.41) is -0.200. The second kappa shape index (κ2) is 5.56. The molecule has 0 aliphatic heterocycles. The van der Waals surface area contributed by atoms with Gasteiger partial charge in [0.15, 0.2) is 0 Å². The van der Waals surface area contributed by atoms with Gasteiger partial charge in [0.1, 0.15) is 11.6 Å². The van der Waals surface area contributed by atoms with Crippen LogP contribution in [-0.2, 0) is 0 Å². The van der Waals surface area contributed by atoms with E-state index < -0.39 is 0 Å². The monoisotopic (exact) mass is 394 g/mol. The highest BCUT2D eigenvalue weighted by atomic mass is 127. The van der Waals surface area contributed by atoms with E-state index >= 15 is 0 Å². The fourth-order valence-corrected chi connectivity index (χ4v) is 2.72. The molecule has 1 aromatic carbocycles. The van der Waals surface area contributed by atoms with Crippen LogP contribution in [0.25, 0.3) is 11.0 Å². The summed E-state index contributed by atoms with van der Waals surface area (Å²) >= 11 is 8.21. The molecule has 2 unspecified atom stereocenters. The molecule has 0 aliphatic carbocycles. The molecule has 0 radical (unpaired) electrons. The minimum Gasteiger partial charge on any atom is -0.324 e. The Morgan fingerprint density at radius 3 is 2.42 bits per heavy atom. The van der Waals surface area contributed by atoms with Crippen LogP contribution in [0.5, 0.6) is 0 Å². The number of hydrogen-bond donors (Lipinski definition) is 0. The molecular formula is C14H17ClFIN2. The fourth-order valence-electron chi connectivity index (χ4n) is 2.12. The lowest BCUT2D eigenvalue weighted by Gasteiger charge is -2.22. The van der Waals surface area contributed by atoms with Gasteiger partial charge in [-0.3, -0.25) is 0 Å². The van der Waals surface area contributed by atoms with E-state index in [-0.39, 0.29) is 17.2 Å². The summed E-state index contributed by atoms with van der Waals surface area (Å²) < 4.78 is 16.5. The maximum atomic E-state index is 13.8. The van der Waals surface area contributed by atoms with Crippen LogP contribution in [0.2, 0.25) is 0 Å². The molecule has 0 N–H and O–H groups in total. The number of imidazole rings is 1. The van der Waals surface area contributed by atoms with E-state index in [0.717, 1.165) is 16.9 Å². The smallest absolute Gasteiger partial charge is 0.138 e. The topological polar surface area (TPSA) is 17.8 Å². The first-order valence-corrected chi connectivity index (χ1v) is 7.85. The van der Waals surface area contributed by atoms with E-state index in [0.29, 0.717) is 9.49 Å². The van der Waals surface area contributed by atoms with Crippen LogP contribution in [0, 0.1) is 15.3 Å². The van der Waals surface area contributed by atoms with Crippen molar-refractivity contribution in [2.75, 3.05) is 0 Å². The number of alkyl halides is 1. The summed E-state index contributed by atoms with van der Waals surface area (Å²) in [6.45, 7) is 8.29. The molecule has 104 valence electrons. The average molecular weight is 395 g/mol. The quantitative estimate of drug-likeness (QED) is 0.510. The van der Waals surface area contributed by atoms with Crippen molar-refractivity contribution in [1.82, 2.24) is 9.55 Å². The molecule has 1 aromatic heterocycles. The van der Waals surface area contributed by atoms with E-state index in [2.05, 4.69) is 30.3 Å². The Morgan fingerprint density at radius 2 is 1.89 bits per heavy atom. The molecule has 5 heteroatoms. The van der Waals surface area contributed by atoms with Gasteiger partial charge in [-0.05, 0) is 48.4 Å². The zero-order chi connectivity index (χ0) is 14.3. The van der Waals surface area contributed by atoms with Crippen LogP contribution < -0.4 is 0 Å². The van der Waals surface area contributed by atoms with E-state index in [4.69, 9.17) is 11.6 Å². The van der Waals surface area contributed by atoms with Crippen LogP contribution in [0.4, 0.5) is 4.39 Å². The van der Waals surface area contributed by atoms with Gasteiger partial charge in [-0.25, -0.2) is 9.37 Å². The maximum Gasteiger partial charge on any atom is 0.138 e. The fraction of sp³-hybridized carbons (Fsp3) is 0.500. The van der Waals surface area contributed by atoms with Crippen molar-refractivity contribution < 1.29 is 4.39 Å². The van der Waals surface area contributed by atoms with Crippen molar-refractivity contribution in [1.29, 1.82) is 0 Å². The molecule has 0 spiro atoms. The highest BCUT2D eigenvalue weighted by molar-refractivity contribution is 14.1. The summed E-state index contributed by atoms with van der Waals surface area (Å²) in [6.07, 6.45) is 0. The molecule has 0 amide bonds. The maximum absolute atomic E-state index is 13.8. The molecule has 0 saturated heterocycles. The largest absolute Gasteiger partial charge is 0.324 e. The van der Waals surface area contributed by atoms with Gasteiger partial charge < -0.3 is 4.57 Å². The van der Waals surface area contributed by atoms with Crippen molar-refractivity contribution in [3.63, 3.8) is 0 Å². The Hall–Kier alpha value is -0.360. The predicted molar refractivity (Wildman–Crippen MR) is 86.2 cm³/mol. The highest BCUT2D eigenvalue weighted by Gasteiger charge is 2.21. The Kier molecular flexibility index (Phi) is 4.40. The number of aromatic nitrogens is 2. The van der Waals surface area contributed by atoms with Crippen molar-refractivity contribution >= 4 is 45.2 Å². The van der Waals surface area contributed by atoms with Crippen LogP contribution in [0.1, 0.15) is 44.9 Å². The van der Waals surface area contributed by atoms with Crippen molar-refractivity contribution in [3.8, 4) is 0 Å². The second-order valence-corrected chi connectivity index (χ2v) is 7.01. The molecule has 0 bridgehead atoms. The van der Waals surface area contributed by atoms with Crippen molar-refractivity contribution in [2.24, 2.45) is 5.92 Å². The lowest BCUT2D eigenvalue weighted by molar-refractivity contribution is 0.405. The first kappa shape index (κ1) is 15.0. The molecule has 2 rings (SSSR count). The minimum atomic E-state index is -0.209. The van der Waals surface area contributed by atoms with E-state index in [9.17, 15) is 4.39 Å². The number of rotatable bonds is 3. The second-order valence-electron chi connectivity index (χ2n) is 5.20. The Morgan fingerprint density at radius 1 is 1.26 bits per heavy atom. The van der Waals surface area contributed by atoms with Gasteiger partial charge in [0.25, 0.3) is 0 Å². The van der Waals surface area contributed by atoms with Crippen LogP contribution in [0.3, 0.4) is 0 Å². The first-order chi connectivity index (χ1) is 8.82. The Bertz CT molecular complexity index is 607. The summed E-state index contributed by atoms with van der Waals surface area (Å²) in [5.74, 6) is 1.02. The lowest BCUT2D eigenvalue weighted by Crippen LogP contribution is -2.15. The molecule has 1 heterocycles. The van der Waals surface area contributed by atoms with E-state index in [1.807, 2.05) is 29.5 Å². The average Bonchev–Trinajstić information content (AvgIpc) is 2.67. The SMILES string of the molecule is CC(Cl)c1nc2cc(I)c(F)cc2n1C(C)C(C)C. The van der Waals surface area contributed by atoms with Gasteiger partial charge in [0.2, 0.25) is 0 Å². The summed E-state index contributed by atoms with van der Waals surface area (Å²) in [4.78, 5) is 4.58. The van der Waals surface area contributed by atoms with Gasteiger partial charge in [-0.2, -0.15) is 0 Å². The van der Waals surface area contributed by atoms with Gasteiger partial charge in [0.05, 0.1) is 20.0 Å². The van der Waals surface area contributed by atoms with Crippen LogP contribution in [-0.4, -0.2) is 9.55 Å². The highest BCUT2D eigenvalue weighted by Crippen LogP contribution is 2.32. The Balaban J connectivity index is 2.76. The number of fused-ring (bicyclic) bond motifs is 1. The predicted octanol–water partition coefficient (Wildman–Crippen LogP) is 5.30. The number of hydrogen-bond acceptors (Lipinski definition) is 1. The lowest BCUT2D eigenvalue weighted by atomic mass is 10.1. The molecule has 2 atom stereocenters. The van der Waals surface area contributed by atoms with Gasteiger partial charge in [0, 0.05) is 12.1 Å². The van der Waals surface area contributed by atoms with E-state index in [1.165, 1.54) is 0 Å². The zero-order valence-corrected chi connectivity index (χ0v) is 14.3.